The van der Waals surface area contributed by atoms with E-state index >= 15 is 0 Å². The van der Waals surface area contributed by atoms with Crippen molar-refractivity contribution in [1.82, 2.24) is 0 Å². The SMILES string of the molecule is CC(C)C(=O)C[S+]1CCOCC1.CCCCCCCCS(=O)(=O)[O-]. The summed E-state index contributed by atoms with van der Waals surface area (Å²) >= 11 is 0. The standard InChI is InChI=1S/C9H17O2S.C8H18O3S/c1-8(2)9(10)7-12-5-3-11-4-6-12;1-2-3-4-5-6-7-8-12(9,10)11/h8H,3-7H2,1-2H3;2-8H2,1H3,(H,9,10,11)/q+1;/p-1. The molecule has 7 heteroatoms. The molecule has 1 aliphatic heterocycles. The van der Waals surface area contributed by atoms with Crippen molar-refractivity contribution in [2.45, 2.75) is 59.3 Å². The molecule has 24 heavy (non-hydrogen) atoms. The molecule has 0 saturated carbocycles. The fourth-order valence-corrected chi connectivity index (χ4v) is 4.62. The van der Waals surface area contributed by atoms with E-state index < -0.39 is 10.1 Å². The lowest BCUT2D eigenvalue weighted by Crippen LogP contribution is -2.32. The average Bonchev–Trinajstić information content (AvgIpc) is 2.51. The first kappa shape index (κ1) is 23.9. The van der Waals surface area contributed by atoms with E-state index in [0.717, 1.165) is 49.7 Å². The van der Waals surface area contributed by atoms with Gasteiger partial charge in [-0.25, -0.2) is 8.42 Å². The first-order chi connectivity index (χ1) is 11.3. The Balaban J connectivity index is 0.000000441. The van der Waals surface area contributed by atoms with Gasteiger partial charge in [0.25, 0.3) is 0 Å². The fourth-order valence-electron chi connectivity index (χ4n) is 2.13. The Morgan fingerprint density at radius 2 is 1.62 bits per heavy atom. The molecule has 0 unspecified atom stereocenters. The minimum absolute atomic E-state index is 0.195. The van der Waals surface area contributed by atoms with Gasteiger partial charge in [0.2, 0.25) is 0 Å². The van der Waals surface area contributed by atoms with Gasteiger partial charge in [-0.2, -0.15) is 0 Å². The monoisotopic (exact) mass is 382 g/mol. The minimum atomic E-state index is -3.97. The predicted octanol–water partition coefficient (Wildman–Crippen LogP) is 2.75. The van der Waals surface area contributed by atoms with Crippen LogP contribution in [0, 0.1) is 5.92 Å². The van der Waals surface area contributed by atoms with Gasteiger partial charge in [-0.15, -0.1) is 0 Å². The summed E-state index contributed by atoms with van der Waals surface area (Å²) in [5.41, 5.74) is 0. The normalized spacial score (nSPS) is 15.9. The second kappa shape index (κ2) is 14.1. The number of rotatable bonds is 10. The quantitative estimate of drug-likeness (QED) is 0.329. The highest BCUT2D eigenvalue weighted by molar-refractivity contribution is 7.97. The number of carbonyl (C=O) groups is 1. The molecule has 5 nitrogen and oxygen atoms in total. The molecule has 0 radical (unpaired) electrons. The van der Waals surface area contributed by atoms with Crippen molar-refractivity contribution in [3.05, 3.63) is 0 Å². The topological polar surface area (TPSA) is 83.5 Å². The van der Waals surface area contributed by atoms with Crippen LogP contribution < -0.4 is 0 Å². The van der Waals surface area contributed by atoms with Crippen LogP contribution >= 0.6 is 0 Å². The maximum Gasteiger partial charge on any atom is 0.184 e. The van der Waals surface area contributed by atoms with Crippen molar-refractivity contribution >= 4 is 26.8 Å². The van der Waals surface area contributed by atoms with Crippen molar-refractivity contribution in [3.63, 3.8) is 0 Å². The maximum absolute atomic E-state index is 11.4. The molecule has 1 heterocycles. The van der Waals surface area contributed by atoms with Crippen molar-refractivity contribution in [1.29, 1.82) is 0 Å². The highest BCUT2D eigenvalue weighted by Gasteiger charge is 2.26. The molecule has 0 atom stereocenters. The highest BCUT2D eigenvalue weighted by Crippen LogP contribution is 2.07. The summed E-state index contributed by atoms with van der Waals surface area (Å²) in [6, 6.07) is 0. The van der Waals surface area contributed by atoms with Crippen LogP contribution in [0.15, 0.2) is 0 Å². The van der Waals surface area contributed by atoms with Crippen LogP contribution in [-0.2, 0) is 30.5 Å². The second-order valence-corrected chi connectivity index (χ2v) is 10.3. The zero-order chi connectivity index (χ0) is 18.4. The van der Waals surface area contributed by atoms with Crippen molar-refractivity contribution in [2.24, 2.45) is 5.92 Å². The first-order valence-electron chi connectivity index (χ1n) is 8.94. The van der Waals surface area contributed by atoms with Crippen LogP contribution in [0.4, 0.5) is 0 Å². The number of Topliss-reactive ketones (excluding diaryl/α,β-unsaturated/α-hetero) is 1. The number of ether oxygens (including phenoxy) is 1. The van der Waals surface area contributed by atoms with E-state index in [1.165, 1.54) is 12.8 Å². The molecule has 1 aliphatic rings. The molecule has 1 rings (SSSR count). The van der Waals surface area contributed by atoms with E-state index in [9.17, 15) is 17.8 Å². The van der Waals surface area contributed by atoms with Gasteiger partial charge < -0.3 is 9.29 Å². The predicted molar refractivity (Wildman–Crippen MR) is 101 cm³/mol. The Morgan fingerprint density at radius 3 is 2.12 bits per heavy atom. The van der Waals surface area contributed by atoms with E-state index in [0.29, 0.717) is 23.1 Å². The number of unbranched alkanes of at least 4 members (excludes halogenated alkanes) is 5. The van der Waals surface area contributed by atoms with E-state index in [-0.39, 0.29) is 11.7 Å². The third-order valence-electron chi connectivity index (χ3n) is 3.77. The fraction of sp³-hybridized carbons (Fsp3) is 0.941. The van der Waals surface area contributed by atoms with Gasteiger partial charge in [0.15, 0.2) is 11.5 Å². The summed E-state index contributed by atoms with van der Waals surface area (Å²) in [6.07, 6.45) is 5.96. The van der Waals surface area contributed by atoms with Crippen LogP contribution in [0.25, 0.3) is 0 Å². The molecule has 0 aromatic rings. The van der Waals surface area contributed by atoms with Crippen LogP contribution in [0.1, 0.15) is 59.3 Å². The van der Waals surface area contributed by atoms with Crippen LogP contribution in [0.3, 0.4) is 0 Å². The molecule has 0 aromatic carbocycles. The number of ketones is 1. The van der Waals surface area contributed by atoms with E-state index in [2.05, 4.69) is 6.92 Å². The zero-order valence-corrected chi connectivity index (χ0v) is 17.1. The minimum Gasteiger partial charge on any atom is -0.748 e. The van der Waals surface area contributed by atoms with Gasteiger partial charge in [0.05, 0.1) is 23.3 Å². The summed E-state index contributed by atoms with van der Waals surface area (Å²) in [6.45, 7) is 7.79. The lowest BCUT2D eigenvalue weighted by molar-refractivity contribution is -0.119. The van der Waals surface area contributed by atoms with Gasteiger partial charge in [0, 0.05) is 11.7 Å². The van der Waals surface area contributed by atoms with Gasteiger partial charge in [0.1, 0.15) is 11.5 Å². The molecule has 1 saturated heterocycles. The van der Waals surface area contributed by atoms with E-state index in [4.69, 9.17) is 4.74 Å². The summed E-state index contributed by atoms with van der Waals surface area (Å²) < 4.78 is 35.7. The largest absolute Gasteiger partial charge is 0.748 e. The summed E-state index contributed by atoms with van der Waals surface area (Å²) in [7, 11) is -3.64. The van der Waals surface area contributed by atoms with Gasteiger partial charge in [-0.1, -0.05) is 52.9 Å². The Kier molecular flexibility index (Phi) is 14.0. The summed E-state index contributed by atoms with van der Waals surface area (Å²) in [5, 5.41) is 0. The Bertz CT molecular complexity index is 415. The number of carbonyl (C=O) groups excluding carboxylic acids is 1. The third kappa shape index (κ3) is 15.4. The average molecular weight is 383 g/mol. The van der Waals surface area contributed by atoms with E-state index in [1.807, 2.05) is 13.8 Å². The van der Waals surface area contributed by atoms with Crippen molar-refractivity contribution in [2.75, 3.05) is 36.2 Å². The van der Waals surface area contributed by atoms with Crippen LogP contribution in [0.5, 0.6) is 0 Å². The zero-order valence-electron chi connectivity index (χ0n) is 15.4. The van der Waals surface area contributed by atoms with Gasteiger partial charge >= 0.3 is 0 Å². The lowest BCUT2D eigenvalue weighted by atomic mass is 10.1. The molecule has 1 fully saturated rings. The highest BCUT2D eigenvalue weighted by atomic mass is 32.2. The molecule has 0 bridgehead atoms. The maximum atomic E-state index is 11.4. The van der Waals surface area contributed by atoms with Crippen molar-refractivity contribution in [3.8, 4) is 0 Å². The summed E-state index contributed by atoms with van der Waals surface area (Å²) in [4.78, 5) is 11.4. The molecular formula is C17H34O5S2. The molecular weight excluding hydrogens is 348 g/mol. The molecule has 0 aliphatic carbocycles. The molecule has 0 N–H and O–H groups in total. The number of hydrogen-bond donors (Lipinski definition) is 0. The van der Waals surface area contributed by atoms with Gasteiger partial charge in [-0.05, 0) is 17.3 Å². The first-order valence-corrected chi connectivity index (χ1v) is 12.2. The van der Waals surface area contributed by atoms with Crippen LogP contribution in [-0.4, -0.2) is 55.0 Å². The smallest absolute Gasteiger partial charge is 0.184 e. The third-order valence-corrected chi connectivity index (χ3v) is 6.74. The molecule has 0 spiro atoms. The molecule has 0 aromatic heterocycles. The Labute approximate surface area is 151 Å². The summed E-state index contributed by atoms with van der Waals surface area (Å²) in [5.74, 6) is 3.41. The number of hydrogen-bond acceptors (Lipinski definition) is 5. The molecule has 0 amide bonds. The Hall–Kier alpha value is -0.110. The molecule has 144 valence electrons. The lowest BCUT2D eigenvalue weighted by Gasteiger charge is -2.14. The van der Waals surface area contributed by atoms with Crippen LogP contribution in [0.2, 0.25) is 0 Å². The Morgan fingerprint density at radius 1 is 1.08 bits per heavy atom. The van der Waals surface area contributed by atoms with E-state index in [1.54, 1.807) is 0 Å². The van der Waals surface area contributed by atoms with Gasteiger partial charge in [-0.3, -0.25) is 4.79 Å². The second-order valence-electron chi connectivity index (χ2n) is 6.43. The van der Waals surface area contributed by atoms with Crippen molar-refractivity contribution < 1.29 is 22.5 Å².